The number of nitriles is 1. The smallest absolute Gasteiger partial charge is 0.272 e. The first-order chi connectivity index (χ1) is 8.67. The molecule has 90 valence electrons. The highest BCUT2D eigenvalue weighted by Crippen LogP contribution is 2.22. The van der Waals surface area contributed by atoms with Gasteiger partial charge in [-0.3, -0.25) is 9.59 Å². The molecule has 5 nitrogen and oxygen atoms in total. The van der Waals surface area contributed by atoms with Crippen molar-refractivity contribution < 1.29 is 4.74 Å². The third-order valence-corrected chi connectivity index (χ3v) is 2.42. The molecule has 2 aromatic carbocycles. The first kappa shape index (κ1) is 11.9. The van der Waals surface area contributed by atoms with Gasteiger partial charge in [-0.1, -0.05) is 6.07 Å². The van der Waals surface area contributed by atoms with Gasteiger partial charge in [-0.05, 0) is 25.1 Å². The van der Waals surface area contributed by atoms with Crippen LogP contribution in [0, 0.1) is 11.3 Å². The SMILES string of the molecule is CCOc1c(Nc2cccc(C#N)c2)c(=O)c1=O. The van der Waals surface area contributed by atoms with Gasteiger partial charge in [0, 0.05) is 5.69 Å². The molecule has 0 saturated heterocycles. The highest BCUT2D eigenvalue weighted by molar-refractivity contribution is 5.70. The number of hydrogen-bond acceptors (Lipinski definition) is 5. The van der Waals surface area contributed by atoms with Gasteiger partial charge in [-0.15, -0.1) is 0 Å². The summed E-state index contributed by atoms with van der Waals surface area (Å²) in [5, 5.41) is 11.6. The Bertz CT molecular complexity index is 691. The fourth-order valence-electron chi connectivity index (χ4n) is 1.58. The van der Waals surface area contributed by atoms with Crippen LogP contribution in [0.25, 0.3) is 0 Å². The van der Waals surface area contributed by atoms with Crippen LogP contribution in [0.15, 0.2) is 33.9 Å². The minimum atomic E-state index is -0.615. The van der Waals surface area contributed by atoms with Gasteiger partial charge in [0.05, 0.1) is 18.2 Å². The predicted octanol–water partition coefficient (Wildman–Crippen LogP) is 1.30. The maximum absolute atomic E-state index is 11.4. The number of nitrogens with one attached hydrogen (secondary N) is 1. The van der Waals surface area contributed by atoms with Gasteiger partial charge in [0.25, 0.3) is 10.9 Å². The van der Waals surface area contributed by atoms with Crippen molar-refractivity contribution in [1.29, 1.82) is 5.26 Å². The quantitative estimate of drug-likeness (QED) is 0.817. The molecule has 0 fully saturated rings. The molecule has 5 heteroatoms. The molecule has 0 aliphatic rings. The average Bonchev–Trinajstić information content (AvgIpc) is 2.42. The van der Waals surface area contributed by atoms with Crippen molar-refractivity contribution in [2.24, 2.45) is 0 Å². The van der Waals surface area contributed by atoms with Crippen molar-refractivity contribution in [3.8, 4) is 11.8 Å². The molecule has 0 spiro atoms. The van der Waals surface area contributed by atoms with Crippen molar-refractivity contribution in [1.82, 2.24) is 0 Å². The molecule has 0 aliphatic heterocycles. The van der Waals surface area contributed by atoms with Gasteiger partial charge in [-0.2, -0.15) is 5.26 Å². The zero-order valence-electron chi connectivity index (χ0n) is 9.69. The summed E-state index contributed by atoms with van der Waals surface area (Å²) in [5.41, 5.74) is -0.0210. The molecule has 0 amide bonds. The van der Waals surface area contributed by atoms with Gasteiger partial charge >= 0.3 is 0 Å². The summed E-state index contributed by atoms with van der Waals surface area (Å²) >= 11 is 0. The molecule has 0 unspecified atom stereocenters. The van der Waals surface area contributed by atoms with E-state index in [1.165, 1.54) is 0 Å². The second-order valence-electron chi connectivity index (χ2n) is 3.61. The van der Waals surface area contributed by atoms with Gasteiger partial charge in [-0.25, -0.2) is 0 Å². The highest BCUT2D eigenvalue weighted by Gasteiger charge is 2.22. The van der Waals surface area contributed by atoms with Gasteiger partial charge < -0.3 is 10.1 Å². The summed E-state index contributed by atoms with van der Waals surface area (Å²) in [4.78, 5) is 22.6. The Morgan fingerprint density at radius 1 is 1.33 bits per heavy atom. The number of ether oxygens (including phenoxy) is 1. The normalized spacial score (nSPS) is 10.0. The standard InChI is InChI=1S/C13H10N2O3/c1-2-18-13-10(11(16)12(13)17)15-9-5-3-4-8(6-9)7-14/h3-6,15H,2H2,1H3. The van der Waals surface area contributed by atoms with E-state index < -0.39 is 10.9 Å². The van der Waals surface area contributed by atoms with Crippen molar-refractivity contribution in [2.75, 3.05) is 11.9 Å². The van der Waals surface area contributed by atoms with E-state index >= 15 is 0 Å². The van der Waals surface area contributed by atoms with Crippen LogP contribution in [0.2, 0.25) is 0 Å². The lowest BCUT2D eigenvalue weighted by atomic mass is 10.2. The van der Waals surface area contributed by atoms with E-state index in [4.69, 9.17) is 10.00 Å². The summed E-state index contributed by atoms with van der Waals surface area (Å²) in [7, 11) is 0. The molecule has 18 heavy (non-hydrogen) atoms. The van der Waals surface area contributed by atoms with E-state index in [0.29, 0.717) is 17.9 Å². The zero-order chi connectivity index (χ0) is 13.1. The van der Waals surface area contributed by atoms with Gasteiger partial charge in [0.15, 0.2) is 5.75 Å². The van der Waals surface area contributed by atoms with Crippen LogP contribution < -0.4 is 20.9 Å². The van der Waals surface area contributed by atoms with Crippen LogP contribution in [0.1, 0.15) is 12.5 Å². The van der Waals surface area contributed by atoms with E-state index in [9.17, 15) is 9.59 Å². The van der Waals surface area contributed by atoms with E-state index in [-0.39, 0.29) is 11.4 Å². The second-order valence-corrected chi connectivity index (χ2v) is 3.61. The molecule has 0 aliphatic carbocycles. The predicted molar refractivity (Wildman–Crippen MR) is 67.0 cm³/mol. The lowest BCUT2D eigenvalue weighted by Crippen LogP contribution is -2.35. The number of benzene rings is 1. The Balaban J connectivity index is 2.30. The van der Waals surface area contributed by atoms with Crippen molar-refractivity contribution >= 4 is 11.4 Å². The monoisotopic (exact) mass is 242 g/mol. The van der Waals surface area contributed by atoms with Crippen molar-refractivity contribution in [3.63, 3.8) is 0 Å². The summed E-state index contributed by atoms with van der Waals surface area (Å²) in [6, 6.07) is 8.62. The van der Waals surface area contributed by atoms with Crippen molar-refractivity contribution in [3.05, 3.63) is 50.3 Å². The van der Waals surface area contributed by atoms with Crippen LogP contribution in [0.5, 0.6) is 5.75 Å². The van der Waals surface area contributed by atoms with Crippen LogP contribution >= 0.6 is 0 Å². The molecular formula is C13H10N2O3. The van der Waals surface area contributed by atoms with E-state index in [1.54, 1.807) is 31.2 Å². The van der Waals surface area contributed by atoms with Crippen LogP contribution in [-0.4, -0.2) is 6.61 Å². The largest absolute Gasteiger partial charge is 0.488 e. The molecule has 2 rings (SSSR count). The van der Waals surface area contributed by atoms with Crippen LogP contribution in [0.3, 0.4) is 0 Å². The third-order valence-electron chi connectivity index (χ3n) is 2.42. The number of nitrogens with zero attached hydrogens (tertiary/aromatic N) is 1. The van der Waals surface area contributed by atoms with E-state index in [2.05, 4.69) is 5.32 Å². The number of hydrogen-bond donors (Lipinski definition) is 1. The lowest BCUT2D eigenvalue weighted by molar-refractivity contribution is 0.335. The maximum atomic E-state index is 11.4. The molecule has 0 saturated carbocycles. The van der Waals surface area contributed by atoms with E-state index in [0.717, 1.165) is 0 Å². The minimum absolute atomic E-state index is 0.0601. The first-order valence-electron chi connectivity index (χ1n) is 5.40. The van der Waals surface area contributed by atoms with Gasteiger partial charge in [0.2, 0.25) is 0 Å². The highest BCUT2D eigenvalue weighted by atomic mass is 16.5. The molecule has 0 bridgehead atoms. The molecule has 0 heterocycles. The first-order valence-corrected chi connectivity index (χ1v) is 5.40. The minimum Gasteiger partial charge on any atom is -0.488 e. The van der Waals surface area contributed by atoms with Crippen LogP contribution in [-0.2, 0) is 0 Å². The summed E-state index contributed by atoms with van der Waals surface area (Å²) in [5.74, 6) is 0.0601. The fraction of sp³-hybridized carbons (Fsp3) is 0.154. The Hall–Kier alpha value is -2.61. The zero-order valence-corrected chi connectivity index (χ0v) is 9.69. The molecule has 0 atom stereocenters. The Morgan fingerprint density at radius 3 is 2.78 bits per heavy atom. The number of anilines is 2. The topological polar surface area (TPSA) is 79.2 Å². The van der Waals surface area contributed by atoms with Crippen LogP contribution in [0.4, 0.5) is 11.4 Å². The summed E-state index contributed by atoms with van der Waals surface area (Å²) in [6.07, 6.45) is 0. The van der Waals surface area contributed by atoms with Crippen molar-refractivity contribution in [2.45, 2.75) is 6.92 Å². The molecule has 0 radical (unpaired) electrons. The summed E-state index contributed by atoms with van der Waals surface area (Å²) < 4.78 is 5.08. The fourth-order valence-corrected chi connectivity index (χ4v) is 1.58. The second kappa shape index (κ2) is 4.72. The third kappa shape index (κ3) is 1.96. The molecular weight excluding hydrogens is 232 g/mol. The van der Waals surface area contributed by atoms with E-state index in [1.807, 2.05) is 6.07 Å². The molecule has 0 aromatic heterocycles. The lowest BCUT2D eigenvalue weighted by Gasteiger charge is -2.13. The average molecular weight is 242 g/mol. The number of rotatable bonds is 4. The maximum Gasteiger partial charge on any atom is 0.272 e. The van der Waals surface area contributed by atoms with Gasteiger partial charge in [0.1, 0.15) is 5.69 Å². The Morgan fingerprint density at radius 2 is 2.11 bits per heavy atom. The molecule has 1 N–H and O–H groups in total. The molecule has 2 aromatic rings. The Labute approximate surface area is 103 Å². The Kier molecular flexibility index (Phi) is 3.11. The summed E-state index contributed by atoms with van der Waals surface area (Å²) in [6.45, 7) is 2.05.